The first-order chi connectivity index (χ1) is 15.6. The predicted molar refractivity (Wildman–Crippen MR) is 122 cm³/mol. The minimum atomic E-state index is -0.579. The van der Waals surface area contributed by atoms with Crippen LogP contribution in [0.1, 0.15) is 6.42 Å². The molecule has 7 nitrogen and oxygen atoms in total. The average Bonchev–Trinajstić information content (AvgIpc) is 3.13. The van der Waals surface area contributed by atoms with Crippen molar-refractivity contribution in [2.24, 2.45) is 0 Å². The van der Waals surface area contributed by atoms with Crippen molar-refractivity contribution >= 4 is 40.4 Å². The molecule has 162 valence electrons. The van der Waals surface area contributed by atoms with Crippen LogP contribution in [-0.2, 0) is 20.9 Å². The zero-order chi connectivity index (χ0) is 22.3. The number of para-hydroxylation sites is 3. The van der Waals surface area contributed by atoms with Gasteiger partial charge in [-0.2, -0.15) is 0 Å². The van der Waals surface area contributed by atoms with E-state index >= 15 is 0 Å². The first kappa shape index (κ1) is 21.5. The summed E-state index contributed by atoms with van der Waals surface area (Å²) in [5.41, 5.74) is 1.70. The molecular weight excluding hydrogens is 428 g/mol. The number of oxazole rings is 1. The second kappa shape index (κ2) is 10.0. The molecule has 1 N–H and O–H groups in total. The summed E-state index contributed by atoms with van der Waals surface area (Å²) in [5.74, 6) is -1.56. The summed E-state index contributed by atoms with van der Waals surface area (Å²) in [4.78, 5) is 38.3. The molecule has 4 aromatic rings. The summed E-state index contributed by atoms with van der Waals surface area (Å²) < 4.78 is 11.6. The van der Waals surface area contributed by atoms with E-state index in [1.54, 1.807) is 30.3 Å². The number of rotatable bonds is 8. The molecule has 32 heavy (non-hydrogen) atoms. The van der Waals surface area contributed by atoms with Crippen molar-refractivity contribution in [2.45, 2.75) is 22.8 Å². The zero-order valence-electron chi connectivity index (χ0n) is 17.0. The second-order valence-electron chi connectivity index (χ2n) is 6.86. The van der Waals surface area contributed by atoms with Crippen LogP contribution < -0.4 is 11.1 Å². The molecule has 8 heteroatoms. The fourth-order valence-electron chi connectivity index (χ4n) is 3.11. The normalized spacial score (nSPS) is 10.8. The summed E-state index contributed by atoms with van der Waals surface area (Å²) in [6, 6.07) is 24.2. The van der Waals surface area contributed by atoms with Crippen molar-refractivity contribution < 1.29 is 18.7 Å². The van der Waals surface area contributed by atoms with E-state index < -0.39 is 24.2 Å². The largest absolute Gasteiger partial charge is 0.456 e. The van der Waals surface area contributed by atoms with Crippen molar-refractivity contribution in [3.8, 4) is 0 Å². The molecule has 0 aliphatic carbocycles. The average molecular weight is 449 g/mol. The Morgan fingerprint density at radius 2 is 1.66 bits per heavy atom. The third-order valence-electron chi connectivity index (χ3n) is 4.61. The van der Waals surface area contributed by atoms with Crippen molar-refractivity contribution in [1.82, 2.24) is 4.57 Å². The molecule has 0 unspecified atom stereocenters. The Labute approximate surface area is 188 Å². The lowest BCUT2D eigenvalue weighted by Crippen LogP contribution is -2.22. The van der Waals surface area contributed by atoms with Crippen LogP contribution in [0.4, 0.5) is 5.69 Å². The molecule has 0 radical (unpaired) electrons. The number of hydrogen-bond donors (Lipinski definition) is 1. The van der Waals surface area contributed by atoms with Crippen LogP contribution in [0.25, 0.3) is 11.1 Å². The lowest BCUT2D eigenvalue weighted by Gasteiger charge is -2.11. The van der Waals surface area contributed by atoms with Crippen molar-refractivity contribution in [2.75, 3.05) is 11.9 Å². The van der Waals surface area contributed by atoms with Gasteiger partial charge in [-0.15, -0.1) is 0 Å². The number of aromatic nitrogens is 1. The van der Waals surface area contributed by atoms with Gasteiger partial charge in [0.15, 0.2) is 12.2 Å². The fraction of sp³-hybridized carbons (Fsp3) is 0.125. The van der Waals surface area contributed by atoms with Crippen LogP contribution in [0.2, 0.25) is 0 Å². The Bertz CT molecular complexity index is 1300. The molecule has 0 aliphatic rings. The molecular formula is C24H20N2O5S. The Morgan fingerprint density at radius 1 is 0.938 bits per heavy atom. The smallest absolute Gasteiger partial charge is 0.419 e. The van der Waals surface area contributed by atoms with Gasteiger partial charge in [0.2, 0.25) is 0 Å². The highest BCUT2D eigenvalue weighted by molar-refractivity contribution is 7.99. The van der Waals surface area contributed by atoms with Gasteiger partial charge in [-0.05, 0) is 36.4 Å². The van der Waals surface area contributed by atoms with E-state index in [2.05, 4.69) is 5.32 Å². The van der Waals surface area contributed by atoms with Gasteiger partial charge >= 0.3 is 11.7 Å². The van der Waals surface area contributed by atoms with E-state index in [0.29, 0.717) is 16.8 Å². The number of nitrogens with one attached hydrogen (secondary N) is 1. The standard InChI is InChI=1S/C24H20N2O5S/c27-22(25-18-10-4-7-13-21(18)32-17-8-2-1-3-9-17)16-30-23(28)14-15-26-19-11-5-6-12-20(19)31-24(26)29/h1-13H,14-16H2,(H,25,27). The molecule has 0 atom stereocenters. The second-order valence-corrected chi connectivity index (χ2v) is 7.97. The highest BCUT2D eigenvalue weighted by atomic mass is 32.2. The molecule has 1 amide bonds. The van der Waals surface area contributed by atoms with Gasteiger partial charge in [-0.25, -0.2) is 4.79 Å². The Hall–Kier alpha value is -3.78. The maximum Gasteiger partial charge on any atom is 0.419 e. The van der Waals surface area contributed by atoms with Crippen LogP contribution in [0.3, 0.4) is 0 Å². The molecule has 3 aromatic carbocycles. The lowest BCUT2D eigenvalue weighted by atomic mass is 10.3. The quantitative estimate of drug-likeness (QED) is 0.404. The summed E-state index contributed by atoms with van der Waals surface area (Å²) >= 11 is 1.53. The van der Waals surface area contributed by atoms with Crippen LogP contribution in [-0.4, -0.2) is 23.1 Å². The van der Waals surface area contributed by atoms with Crippen LogP contribution in [0.5, 0.6) is 0 Å². The Balaban J connectivity index is 1.30. The number of hydrogen-bond acceptors (Lipinski definition) is 6. The molecule has 0 saturated carbocycles. The highest BCUT2D eigenvalue weighted by Gasteiger charge is 2.13. The topological polar surface area (TPSA) is 90.5 Å². The van der Waals surface area contributed by atoms with Crippen molar-refractivity contribution in [1.29, 1.82) is 0 Å². The molecule has 0 fully saturated rings. The van der Waals surface area contributed by atoms with Crippen molar-refractivity contribution in [3.05, 3.63) is 89.4 Å². The van der Waals surface area contributed by atoms with E-state index in [0.717, 1.165) is 9.79 Å². The Morgan fingerprint density at radius 3 is 2.50 bits per heavy atom. The number of anilines is 1. The maximum atomic E-state index is 12.3. The fourth-order valence-corrected chi connectivity index (χ4v) is 4.03. The number of carbonyl (C=O) groups is 2. The molecule has 0 aliphatic heterocycles. The van der Waals surface area contributed by atoms with E-state index in [9.17, 15) is 14.4 Å². The third kappa shape index (κ3) is 5.28. The SMILES string of the molecule is O=C(COC(=O)CCn1c(=O)oc2ccccc21)Nc1ccccc1Sc1ccccc1. The number of carbonyl (C=O) groups excluding carboxylic acids is 2. The van der Waals surface area contributed by atoms with E-state index in [-0.39, 0.29) is 13.0 Å². The Kier molecular flexibility index (Phi) is 6.72. The van der Waals surface area contributed by atoms with Gasteiger partial charge in [-0.1, -0.05) is 54.2 Å². The van der Waals surface area contributed by atoms with Gasteiger partial charge in [0.05, 0.1) is 17.6 Å². The lowest BCUT2D eigenvalue weighted by molar-refractivity contribution is -0.147. The minimum absolute atomic E-state index is 0.0584. The number of benzene rings is 3. The van der Waals surface area contributed by atoms with Crippen LogP contribution in [0, 0.1) is 0 Å². The highest BCUT2D eigenvalue weighted by Crippen LogP contribution is 2.33. The van der Waals surface area contributed by atoms with E-state index in [1.165, 1.54) is 16.3 Å². The van der Waals surface area contributed by atoms with E-state index in [4.69, 9.17) is 9.15 Å². The summed E-state index contributed by atoms with van der Waals surface area (Å²) in [6.07, 6.45) is -0.0584. The first-order valence-electron chi connectivity index (χ1n) is 9.96. The van der Waals surface area contributed by atoms with Gasteiger partial charge in [-0.3, -0.25) is 14.2 Å². The third-order valence-corrected chi connectivity index (χ3v) is 5.69. The zero-order valence-corrected chi connectivity index (χ0v) is 17.8. The number of fused-ring (bicyclic) bond motifs is 1. The molecule has 0 spiro atoms. The minimum Gasteiger partial charge on any atom is -0.456 e. The number of esters is 1. The molecule has 0 bridgehead atoms. The molecule has 4 rings (SSSR count). The van der Waals surface area contributed by atoms with Gasteiger partial charge in [0.25, 0.3) is 5.91 Å². The predicted octanol–water partition coefficient (Wildman–Crippen LogP) is 4.32. The molecule has 1 aromatic heterocycles. The van der Waals surface area contributed by atoms with Crippen LogP contribution in [0.15, 0.2) is 97.9 Å². The number of amides is 1. The molecule has 0 saturated heterocycles. The summed E-state index contributed by atoms with van der Waals surface area (Å²) in [5, 5.41) is 2.78. The first-order valence-corrected chi connectivity index (χ1v) is 10.8. The number of nitrogens with zero attached hydrogens (tertiary/aromatic N) is 1. The van der Waals surface area contributed by atoms with E-state index in [1.807, 2.05) is 48.5 Å². The summed E-state index contributed by atoms with van der Waals surface area (Å²) in [7, 11) is 0. The van der Waals surface area contributed by atoms with Gasteiger partial charge in [0.1, 0.15) is 0 Å². The number of ether oxygens (including phenoxy) is 1. The summed E-state index contributed by atoms with van der Waals surface area (Å²) in [6.45, 7) is -0.308. The van der Waals surface area contributed by atoms with Gasteiger partial charge < -0.3 is 14.5 Å². The monoisotopic (exact) mass is 448 g/mol. The van der Waals surface area contributed by atoms with Crippen molar-refractivity contribution in [3.63, 3.8) is 0 Å². The maximum absolute atomic E-state index is 12.3. The van der Waals surface area contributed by atoms with Gasteiger partial charge in [0, 0.05) is 16.3 Å². The number of aryl methyl sites for hydroxylation is 1. The molecule has 1 heterocycles. The van der Waals surface area contributed by atoms with Crippen LogP contribution >= 0.6 is 11.8 Å².